The van der Waals surface area contributed by atoms with Crippen LogP contribution in [0.2, 0.25) is 0 Å². The van der Waals surface area contributed by atoms with Gasteiger partial charge in [0.05, 0.1) is 12.7 Å². The van der Waals surface area contributed by atoms with Crippen molar-refractivity contribution >= 4 is 5.91 Å². The van der Waals surface area contributed by atoms with E-state index in [1.54, 1.807) is 0 Å². The monoisotopic (exact) mass is 321 g/mol. The van der Waals surface area contributed by atoms with Crippen molar-refractivity contribution in [1.82, 2.24) is 4.90 Å². The van der Waals surface area contributed by atoms with Gasteiger partial charge in [0.15, 0.2) is 0 Å². The van der Waals surface area contributed by atoms with E-state index in [1.807, 2.05) is 50.8 Å². The second-order valence-corrected chi connectivity index (χ2v) is 5.51. The van der Waals surface area contributed by atoms with Crippen LogP contribution in [-0.4, -0.2) is 48.3 Å². The normalized spacial score (nSPS) is 21.5. The molecule has 0 spiro atoms. The van der Waals surface area contributed by atoms with Crippen LogP contribution in [0.4, 0.5) is 0 Å². The average Bonchev–Trinajstić information content (AvgIpc) is 3.06. The zero-order chi connectivity index (χ0) is 17.2. The van der Waals surface area contributed by atoms with Gasteiger partial charge in [0.2, 0.25) is 5.91 Å². The third kappa shape index (κ3) is 5.05. The van der Waals surface area contributed by atoms with Crippen LogP contribution in [0.25, 0.3) is 0 Å². The van der Waals surface area contributed by atoms with Crippen molar-refractivity contribution in [2.45, 2.75) is 46.1 Å². The number of nitrogens with zero attached hydrogens (tertiary/aromatic N) is 1. The summed E-state index contributed by atoms with van der Waals surface area (Å²) in [6.45, 7) is 9.77. The molecule has 0 aromatic heterocycles. The van der Waals surface area contributed by atoms with Crippen molar-refractivity contribution in [3.05, 3.63) is 35.9 Å². The van der Waals surface area contributed by atoms with Crippen LogP contribution in [0.15, 0.2) is 30.3 Å². The van der Waals surface area contributed by atoms with Gasteiger partial charge in [-0.15, -0.1) is 0 Å². The number of likely N-dealkylation sites (tertiary alicyclic amines) is 1. The first-order valence-electron chi connectivity index (χ1n) is 8.76. The molecule has 1 aromatic carbocycles. The van der Waals surface area contributed by atoms with Crippen LogP contribution in [0.1, 0.15) is 45.6 Å². The zero-order valence-electron chi connectivity index (χ0n) is 14.9. The van der Waals surface area contributed by atoms with Gasteiger partial charge in [-0.25, -0.2) is 0 Å². The van der Waals surface area contributed by atoms with Gasteiger partial charge >= 0.3 is 0 Å². The highest BCUT2D eigenvalue weighted by Crippen LogP contribution is 2.36. The summed E-state index contributed by atoms with van der Waals surface area (Å²) in [6.07, 6.45) is 0.307. The molecule has 1 aliphatic heterocycles. The smallest absolute Gasteiger partial charge is 0.222 e. The maximum Gasteiger partial charge on any atom is 0.222 e. The van der Waals surface area contributed by atoms with Crippen molar-refractivity contribution in [2.24, 2.45) is 5.92 Å². The third-order valence-electron chi connectivity index (χ3n) is 4.29. The molecule has 1 heterocycles. The summed E-state index contributed by atoms with van der Waals surface area (Å²) in [5, 5.41) is 9.64. The lowest BCUT2D eigenvalue weighted by atomic mass is 9.85. The Hall–Kier alpha value is -1.39. The largest absolute Gasteiger partial charge is 0.394 e. The summed E-state index contributed by atoms with van der Waals surface area (Å²) < 4.78 is 5.70. The van der Waals surface area contributed by atoms with Gasteiger partial charge in [-0.2, -0.15) is 0 Å². The Morgan fingerprint density at radius 1 is 1.26 bits per heavy atom. The molecule has 0 bridgehead atoms. The van der Waals surface area contributed by atoms with Gasteiger partial charge in [0, 0.05) is 38.0 Å². The van der Waals surface area contributed by atoms with Crippen LogP contribution in [0, 0.1) is 5.92 Å². The molecule has 1 N–H and O–H groups in total. The van der Waals surface area contributed by atoms with Gasteiger partial charge in [0.25, 0.3) is 0 Å². The molecule has 23 heavy (non-hydrogen) atoms. The summed E-state index contributed by atoms with van der Waals surface area (Å²) in [6, 6.07) is 10.2. The van der Waals surface area contributed by atoms with Crippen LogP contribution < -0.4 is 0 Å². The number of hydrogen-bond donors (Lipinski definition) is 1. The molecule has 1 amide bonds. The summed E-state index contributed by atoms with van der Waals surface area (Å²) >= 11 is 0. The van der Waals surface area contributed by atoms with Gasteiger partial charge in [-0.05, 0) is 12.5 Å². The van der Waals surface area contributed by atoms with E-state index in [2.05, 4.69) is 12.1 Å². The molecule has 4 nitrogen and oxygen atoms in total. The van der Waals surface area contributed by atoms with E-state index in [-0.39, 0.29) is 30.5 Å². The molecule has 1 aliphatic rings. The Morgan fingerprint density at radius 3 is 2.43 bits per heavy atom. The molecule has 3 atom stereocenters. The minimum absolute atomic E-state index is 0.00397. The fraction of sp³-hybridized carbons (Fsp3) is 0.632. The second-order valence-electron chi connectivity index (χ2n) is 5.51. The quantitative estimate of drug-likeness (QED) is 0.876. The van der Waals surface area contributed by atoms with Gasteiger partial charge in [-0.1, -0.05) is 51.1 Å². The Morgan fingerprint density at radius 2 is 1.91 bits per heavy atom. The maximum absolute atomic E-state index is 12.0. The number of aliphatic hydroxyl groups excluding tert-OH is 1. The Balaban J connectivity index is 0.00000127. The fourth-order valence-corrected chi connectivity index (χ4v) is 3.21. The lowest BCUT2D eigenvalue weighted by molar-refractivity contribution is -0.130. The predicted molar refractivity (Wildman–Crippen MR) is 93.4 cm³/mol. The zero-order valence-corrected chi connectivity index (χ0v) is 14.9. The van der Waals surface area contributed by atoms with Crippen LogP contribution in [-0.2, 0) is 9.53 Å². The molecule has 1 aromatic rings. The Labute approximate surface area is 140 Å². The molecule has 1 saturated heterocycles. The van der Waals surface area contributed by atoms with E-state index in [0.717, 1.165) is 0 Å². The molecule has 2 rings (SSSR count). The first-order valence-corrected chi connectivity index (χ1v) is 8.76. The minimum Gasteiger partial charge on any atom is -0.394 e. The van der Waals surface area contributed by atoms with E-state index in [0.29, 0.717) is 26.1 Å². The molecular formula is C19H31NO3. The number of carbonyl (C=O) groups is 1. The molecule has 130 valence electrons. The number of carbonyl (C=O) groups excluding carboxylic acids is 1. The molecule has 0 aliphatic carbocycles. The lowest BCUT2D eigenvalue weighted by Gasteiger charge is -2.26. The number of benzene rings is 1. The highest BCUT2D eigenvalue weighted by atomic mass is 16.5. The predicted octanol–water partition coefficient (Wildman–Crippen LogP) is 3.06. The van der Waals surface area contributed by atoms with Crippen LogP contribution in [0.3, 0.4) is 0 Å². The fourth-order valence-electron chi connectivity index (χ4n) is 3.21. The number of rotatable bonds is 6. The second kappa shape index (κ2) is 10.4. The SMILES string of the molecule is CC.CCO[C@@H](CO)[C@H]1CN(C(=O)CC)C[C@@H]1c1ccccc1. The lowest BCUT2D eigenvalue weighted by Crippen LogP contribution is -2.34. The van der Waals surface area contributed by atoms with Gasteiger partial charge in [-0.3, -0.25) is 4.79 Å². The number of aliphatic hydroxyl groups is 1. The van der Waals surface area contributed by atoms with E-state index in [4.69, 9.17) is 4.74 Å². The molecule has 0 saturated carbocycles. The summed E-state index contributed by atoms with van der Waals surface area (Å²) in [7, 11) is 0. The molecule has 1 fully saturated rings. The topological polar surface area (TPSA) is 49.8 Å². The minimum atomic E-state index is -0.213. The van der Waals surface area contributed by atoms with E-state index in [9.17, 15) is 9.90 Å². The summed E-state index contributed by atoms with van der Waals surface area (Å²) in [5.41, 5.74) is 1.21. The summed E-state index contributed by atoms with van der Waals surface area (Å²) in [4.78, 5) is 13.9. The molecular weight excluding hydrogens is 290 g/mol. The van der Waals surface area contributed by atoms with Crippen LogP contribution >= 0.6 is 0 Å². The average molecular weight is 321 g/mol. The van der Waals surface area contributed by atoms with Crippen molar-refractivity contribution in [2.75, 3.05) is 26.3 Å². The number of ether oxygens (including phenoxy) is 1. The highest BCUT2D eigenvalue weighted by Gasteiger charge is 2.40. The number of amides is 1. The maximum atomic E-state index is 12.0. The van der Waals surface area contributed by atoms with Crippen LogP contribution in [0.5, 0.6) is 0 Å². The molecule has 4 heteroatoms. The van der Waals surface area contributed by atoms with Crippen molar-refractivity contribution < 1.29 is 14.6 Å². The highest BCUT2D eigenvalue weighted by molar-refractivity contribution is 5.76. The van der Waals surface area contributed by atoms with Gasteiger partial charge in [0.1, 0.15) is 0 Å². The van der Waals surface area contributed by atoms with E-state index in [1.165, 1.54) is 5.56 Å². The first-order chi connectivity index (χ1) is 11.2. The standard InChI is InChI=1S/C17H25NO3.C2H6/c1-3-17(20)18-10-14(13-8-6-5-7-9-13)15(11-18)16(12-19)21-4-2;1-2/h5-9,14-16,19H,3-4,10-12H2,1-2H3;1-2H3/t14-,15+,16+;/m1./s1. The first kappa shape index (κ1) is 19.7. The Kier molecular flexibility index (Phi) is 8.89. The molecule has 0 radical (unpaired) electrons. The number of hydrogen-bond acceptors (Lipinski definition) is 3. The van der Waals surface area contributed by atoms with E-state index < -0.39 is 0 Å². The van der Waals surface area contributed by atoms with Crippen molar-refractivity contribution in [1.29, 1.82) is 0 Å². The third-order valence-corrected chi connectivity index (χ3v) is 4.29. The van der Waals surface area contributed by atoms with Crippen molar-refractivity contribution in [3.63, 3.8) is 0 Å². The van der Waals surface area contributed by atoms with E-state index >= 15 is 0 Å². The molecule has 0 unspecified atom stereocenters. The Bertz CT molecular complexity index is 449. The summed E-state index contributed by atoms with van der Waals surface area (Å²) in [5.74, 6) is 0.546. The van der Waals surface area contributed by atoms with Crippen molar-refractivity contribution in [3.8, 4) is 0 Å². The van der Waals surface area contributed by atoms with Gasteiger partial charge < -0.3 is 14.7 Å².